The Balaban J connectivity index is 2.30. The monoisotopic (exact) mass is 238 g/mol. The molecule has 18 heavy (non-hydrogen) atoms. The van der Waals surface area contributed by atoms with Gasteiger partial charge in [-0.2, -0.15) is 5.10 Å². The van der Waals surface area contributed by atoms with Crippen molar-refractivity contribution >= 4 is 16.6 Å². The Hall–Kier alpha value is -2.36. The van der Waals surface area contributed by atoms with Gasteiger partial charge >= 0.3 is 0 Å². The SMILES string of the molecule is Cc1cc(C)n(-c2ccc3ncccc3c2N)n1. The number of hydrogen-bond donors (Lipinski definition) is 1. The summed E-state index contributed by atoms with van der Waals surface area (Å²) in [5, 5.41) is 5.43. The van der Waals surface area contributed by atoms with E-state index in [1.54, 1.807) is 6.20 Å². The average molecular weight is 238 g/mol. The molecule has 0 unspecified atom stereocenters. The summed E-state index contributed by atoms with van der Waals surface area (Å²) in [6.07, 6.45) is 1.77. The fourth-order valence-corrected chi connectivity index (χ4v) is 2.22. The second-order valence-electron chi connectivity index (χ2n) is 4.41. The van der Waals surface area contributed by atoms with Crippen molar-refractivity contribution in [2.24, 2.45) is 0 Å². The van der Waals surface area contributed by atoms with Gasteiger partial charge < -0.3 is 5.73 Å². The summed E-state index contributed by atoms with van der Waals surface area (Å²) >= 11 is 0. The van der Waals surface area contributed by atoms with Crippen LogP contribution < -0.4 is 5.73 Å². The molecule has 3 aromatic rings. The number of rotatable bonds is 1. The van der Waals surface area contributed by atoms with Crippen molar-refractivity contribution in [3.63, 3.8) is 0 Å². The molecular formula is C14H14N4. The first-order valence-electron chi connectivity index (χ1n) is 5.83. The van der Waals surface area contributed by atoms with Crippen molar-refractivity contribution in [3.8, 4) is 5.69 Å². The minimum Gasteiger partial charge on any atom is -0.396 e. The highest BCUT2D eigenvalue weighted by Crippen LogP contribution is 2.26. The van der Waals surface area contributed by atoms with E-state index in [0.717, 1.165) is 28.0 Å². The van der Waals surface area contributed by atoms with Crippen LogP contribution in [-0.2, 0) is 0 Å². The zero-order chi connectivity index (χ0) is 12.7. The van der Waals surface area contributed by atoms with Gasteiger partial charge in [0, 0.05) is 17.3 Å². The quantitative estimate of drug-likeness (QED) is 0.663. The van der Waals surface area contributed by atoms with E-state index < -0.39 is 0 Å². The second-order valence-corrected chi connectivity index (χ2v) is 4.41. The van der Waals surface area contributed by atoms with Gasteiger partial charge in [0.2, 0.25) is 0 Å². The van der Waals surface area contributed by atoms with Crippen LogP contribution >= 0.6 is 0 Å². The average Bonchev–Trinajstić information content (AvgIpc) is 2.69. The molecule has 2 aromatic heterocycles. The number of nitrogens with zero attached hydrogens (tertiary/aromatic N) is 3. The van der Waals surface area contributed by atoms with Crippen LogP contribution in [-0.4, -0.2) is 14.8 Å². The van der Waals surface area contributed by atoms with Crippen molar-refractivity contribution in [3.05, 3.63) is 47.9 Å². The molecule has 0 aliphatic rings. The Labute approximate surface area is 105 Å². The van der Waals surface area contributed by atoms with Crippen molar-refractivity contribution in [1.82, 2.24) is 14.8 Å². The predicted molar refractivity (Wildman–Crippen MR) is 72.8 cm³/mol. The lowest BCUT2D eigenvalue weighted by molar-refractivity contribution is 0.836. The van der Waals surface area contributed by atoms with Gasteiger partial charge in [0.25, 0.3) is 0 Å². The molecule has 0 amide bonds. The van der Waals surface area contributed by atoms with Gasteiger partial charge in [-0.3, -0.25) is 4.98 Å². The van der Waals surface area contributed by atoms with Crippen LogP contribution in [0.4, 0.5) is 5.69 Å². The first-order chi connectivity index (χ1) is 8.66. The van der Waals surface area contributed by atoms with Crippen LogP contribution in [0.25, 0.3) is 16.6 Å². The number of nitrogen functional groups attached to an aromatic ring is 1. The fraction of sp³-hybridized carbons (Fsp3) is 0.143. The summed E-state index contributed by atoms with van der Waals surface area (Å²) in [5.41, 5.74) is 10.8. The Morgan fingerprint density at radius 1 is 1.17 bits per heavy atom. The molecule has 90 valence electrons. The molecule has 0 spiro atoms. The molecule has 0 aliphatic heterocycles. The Morgan fingerprint density at radius 3 is 2.72 bits per heavy atom. The van der Waals surface area contributed by atoms with E-state index in [9.17, 15) is 0 Å². The molecular weight excluding hydrogens is 224 g/mol. The first-order valence-corrected chi connectivity index (χ1v) is 5.83. The molecule has 0 atom stereocenters. The molecule has 0 aliphatic carbocycles. The lowest BCUT2D eigenvalue weighted by Crippen LogP contribution is -2.04. The van der Waals surface area contributed by atoms with E-state index in [1.165, 1.54) is 0 Å². The minimum absolute atomic E-state index is 0.715. The highest BCUT2D eigenvalue weighted by atomic mass is 15.3. The van der Waals surface area contributed by atoms with Crippen LogP contribution in [0.3, 0.4) is 0 Å². The molecule has 2 N–H and O–H groups in total. The lowest BCUT2D eigenvalue weighted by Gasteiger charge is -2.10. The van der Waals surface area contributed by atoms with Gasteiger partial charge in [-0.1, -0.05) is 0 Å². The standard InChI is InChI=1S/C14H14N4/c1-9-8-10(2)18(17-9)13-6-5-12-11(14(13)15)4-3-7-16-12/h3-8H,15H2,1-2H3. The topological polar surface area (TPSA) is 56.7 Å². The molecule has 0 saturated carbocycles. The third-order valence-corrected chi connectivity index (χ3v) is 3.04. The van der Waals surface area contributed by atoms with Crippen LogP contribution in [0.5, 0.6) is 0 Å². The maximum absolute atomic E-state index is 6.23. The van der Waals surface area contributed by atoms with Gasteiger partial charge in [0.15, 0.2) is 0 Å². The number of anilines is 1. The van der Waals surface area contributed by atoms with Gasteiger partial charge in [0.1, 0.15) is 0 Å². The number of aromatic nitrogens is 3. The van der Waals surface area contributed by atoms with Gasteiger partial charge in [-0.05, 0) is 44.2 Å². The number of benzene rings is 1. The molecule has 3 rings (SSSR count). The maximum atomic E-state index is 6.23. The predicted octanol–water partition coefficient (Wildman–Crippen LogP) is 2.62. The Bertz CT molecular complexity index is 728. The molecule has 0 radical (unpaired) electrons. The van der Waals surface area contributed by atoms with Crippen LogP contribution in [0, 0.1) is 13.8 Å². The Kier molecular flexibility index (Phi) is 2.30. The van der Waals surface area contributed by atoms with E-state index in [2.05, 4.69) is 10.1 Å². The summed E-state index contributed by atoms with van der Waals surface area (Å²) in [6, 6.07) is 9.84. The van der Waals surface area contributed by atoms with E-state index in [4.69, 9.17) is 5.73 Å². The first kappa shape index (κ1) is 10.8. The molecule has 0 bridgehead atoms. The van der Waals surface area contributed by atoms with E-state index in [0.29, 0.717) is 5.69 Å². The molecule has 4 nitrogen and oxygen atoms in total. The van der Waals surface area contributed by atoms with Crippen LogP contribution in [0.15, 0.2) is 36.5 Å². The van der Waals surface area contributed by atoms with Crippen molar-refractivity contribution < 1.29 is 0 Å². The summed E-state index contributed by atoms with van der Waals surface area (Å²) in [5.74, 6) is 0. The molecule has 1 aromatic carbocycles. The highest BCUT2D eigenvalue weighted by molar-refractivity contribution is 5.94. The van der Waals surface area contributed by atoms with E-state index >= 15 is 0 Å². The normalized spacial score (nSPS) is 11.0. The molecule has 2 heterocycles. The summed E-state index contributed by atoms with van der Waals surface area (Å²) in [6.45, 7) is 4.00. The molecule has 0 saturated heterocycles. The van der Waals surface area contributed by atoms with Crippen LogP contribution in [0.2, 0.25) is 0 Å². The van der Waals surface area contributed by atoms with Crippen LogP contribution in [0.1, 0.15) is 11.4 Å². The van der Waals surface area contributed by atoms with E-state index in [-0.39, 0.29) is 0 Å². The third-order valence-electron chi connectivity index (χ3n) is 3.04. The second kappa shape index (κ2) is 3.84. The summed E-state index contributed by atoms with van der Waals surface area (Å²) < 4.78 is 1.87. The van der Waals surface area contributed by atoms with Gasteiger partial charge in [-0.25, -0.2) is 4.68 Å². The Morgan fingerprint density at radius 2 is 2.00 bits per heavy atom. The summed E-state index contributed by atoms with van der Waals surface area (Å²) in [4.78, 5) is 4.29. The smallest absolute Gasteiger partial charge is 0.0885 e. The number of fused-ring (bicyclic) bond motifs is 1. The fourth-order valence-electron chi connectivity index (χ4n) is 2.22. The summed E-state index contributed by atoms with van der Waals surface area (Å²) in [7, 11) is 0. The maximum Gasteiger partial charge on any atom is 0.0885 e. The zero-order valence-electron chi connectivity index (χ0n) is 10.4. The van der Waals surface area contributed by atoms with Gasteiger partial charge in [-0.15, -0.1) is 0 Å². The highest BCUT2D eigenvalue weighted by Gasteiger charge is 2.09. The van der Waals surface area contributed by atoms with Crippen molar-refractivity contribution in [1.29, 1.82) is 0 Å². The number of pyridine rings is 1. The van der Waals surface area contributed by atoms with E-state index in [1.807, 2.05) is 48.9 Å². The zero-order valence-corrected chi connectivity index (χ0v) is 10.4. The number of nitrogens with two attached hydrogens (primary N) is 1. The molecule has 4 heteroatoms. The number of aryl methyl sites for hydroxylation is 2. The van der Waals surface area contributed by atoms with Crippen molar-refractivity contribution in [2.45, 2.75) is 13.8 Å². The lowest BCUT2D eigenvalue weighted by atomic mass is 10.1. The number of hydrogen-bond acceptors (Lipinski definition) is 3. The third kappa shape index (κ3) is 1.54. The van der Waals surface area contributed by atoms with Gasteiger partial charge in [0.05, 0.1) is 22.6 Å². The van der Waals surface area contributed by atoms with Crippen molar-refractivity contribution in [2.75, 3.05) is 5.73 Å². The minimum atomic E-state index is 0.715. The molecule has 0 fully saturated rings. The largest absolute Gasteiger partial charge is 0.396 e.